The van der Waals surface area contributed by atoms with Crippen molar-refractivity contribution in [3.63, 3.8) is 0 Å². The van der Waals surface area contributed by atoms with Crippen LogP contribution >= 0.6 is 0 Å². The predicted molar refractivity (Wildman–Crippen MR) is 93.4 cm³/mol. The number of ether oxygens (including phenoxy) is 1. The molecule has 0 unspecified atom stereocenters. The summed E-state index contributed by atoms with van der Waals surface area (Å²) in [6, 6.07) is 7.81. The summed E-state index contributed by atoms with van der Waals surface area (Å²) < 4.78 is 5.22. The first kappa shape index (κ1) is 17.0. The number of methoxy groups -OCH3 is 1. The number of carbonyl (C=O) groups excluding carboxylic acids is 1. The fraction of sp³-hybridized carbons (Fsp3) is 0.611. The lowest BCUT2D eigenvalue weighted by molar-refractivity contribution is -0.134. The van der Waals surface area contributed by atoms with E-state index in [-0.39, 0.29) is 17.5 Å². The number of nitrogens with zero attached hydrogens (tertiary/aromatic N) is 2. The molecule has 1 aromatic rings. The molecule has 2 fully saturated rings. The smallest absolute Gasteiger partial charge is 0.239 e. The highest BCUT2D eigenvalue weighted by Crippen LogP contribution is 2.30. The molecule has 0 aromatic heterocycles. The Labute approximate surface area is 143 Å². The summed E-state index contributed by atoms with van der Waals surface area (Å²) in [5.41, 5.74) is 0.988. The third-order valence-corrected chi connectivity index (χ3v) is 5.00. The number of β-amino-alcohol motifs (C(OH)–C–C–N with tert-alkyl or cyclic N) is 1. The van der Waals surface area contributed by atoms with Crippen LogP contribution < -0.4 is 15.0 Å². The van der Waals surface area contributed by atoms with E-state index in [0.717, 1.165) is 18.0 Å². The van der Waals surface area contributed by atoms with E-state index in [1.54, 1.807) is 7.11 Å². The summed E-state index contributed by atoms with van der Waals surface area (Å²) in [6.07, 6.45) is 0.102. The molecule has 0 aliphatic carbocycles. The Balaban J connectivity index is 1.68. The van der Waals surface area contributed by atoms with E-state index < -0.39 is 6.10 Å². The summed E-state index contributed by atoms with van der Waals surface area (Å²) >= 11 is 0. The number of piperazine rings is 1. The summed E-state index contributed by atoms with van der Waals surface area (Å²) in [5.74, 6) is 0.949. The van der Waals surface area contributed by atoms with Gasteiger partial charge in [0.1, 0.15) is 5.75 Å². The Morgan fingerprint density at radius 2 is 2.00 bits per heavy atom. The van der Waals surface area contributed by atoms with Crippen LogP contribution in [0.15, 0.2) is 24.3 Å². The third kappa shape index (κ3) is 3.35. The molecule has 24 heavy (non-hydrogen) atoms. The Bertz CT molecular complexity index is 588. The highest BCUT2D eigenvalue weighted by atomic mass is 16.5. The molecule has 2 aliphatic rings. The normalized spacial score (nSPS) is 26.5. The van der Waals surface area contributed by atoms with E-state index in [1.807, 2.05) is 17.0 Å². The monoisotopic (exact) mass is 333 g/mol. The number of aliphatic hydroxyl groups excluding tert-OH is 1. The zero-order valence-electron chi connectivity index (χ0n) is 14.7. The van der Waals surface area contributed by atoms with Crippen LogP contribution in [0.3, 0.4) is 0 Å². The van der Waals surface area contributed by atoms with Gasteiger partial charge in [0.25, 0.3) is 0 Å². The number of rotatable bonds is 3. The van der Waals surface area contributed by atoms with Crippen molar-refractivity contribution in [1.82, 2.24) is 10.2 Å². The summed E-state index contributed by atoms with van der Waals surface area (Å²) in [7, 11) is 1.66. The Morgan fingerprint density at radius 1 is 1.29 bits per heavy atom. The van der Waals surface area contributed by atoms with Crippen LogP contribution in [0.4, 0.5) is 5.69 Å². The average molecular weight is 333 g/mol. The number of amides is 1. The maximum Gasteiger partial charge on any atom is 0.239 e. The fourth-order valence-electron chi connectivity index (χ4n) is 3.71. The first-order valence-corrected chi connectivity index (χ1v) is 8.52. The van der Waals surface area contributed by atoms with Crippen LogP contribution in [0, 0.1) is 0 Å². The second-order valence-corrected chi connectivity index (χ2v) is 7.27. The van der Waals surface area contributed by atoms with Gasteiger partial charge in [0.15, 0.2) is 0 Å². The van der Waals surface area contributed by atoms with Crippen molar-refractivity contribution in [1.29, 1.82) is 0 Å². The largest absolute Gasteiger partial charge is 0.497 e. The van der Waals surface area contributed by atoms with Crippen molar-refractivity contribution >= 4 is 11.6 Å². The standard InChI is InChI=1S/C18H27N3O3/c1-18(2)12-20(17(23)16-10-14(22)11-19-16)8-9-21(18)13-4-6-15(24-3)7-5-13/h4-7,14,16,19,22H,8-12H2,1-3H3/t14-,16+/m1/s1. The van der Waals surface area contributed by atoms with Crippen molar-refractivity contribution < 1.29 is 14.6 Å². The maximum atomic E-state index is 12.7. The van der Waals surface area contributed by atoms with Crippen molar-refractivity contribution in [3.05, 3.63) is 24.3 Å². The van der Waals surface area contributed by atoms with Crippen LogP contribution in [0.1, 0.15) is 20.3 Å². The summed E-state index contributed by atoms with van der Waals surface area (Å²) in [4.78, 5) is 16.9. The zero-order chi connectivity index (χ0) is 17.3. The molecule has 1 amide bonds. The minimum Gasteiger partial charge on any atom is -0.497 e. The fourth-order valence-corrected chi connectivity index (χ4v) is 3.71. The highest BCUT2D eigenvalue weighted by Gasteiger charge is 2.39. The molecule has 3 rings (SSSR count). The van der Waals surface area contributed by atoms with E-state index in [1.165, 1.54) is 0 Å². The lowest BCUT2D eigenvalue weighted by Crippen LogP contribution is -2.62. The van der Waals surface area contributed by atoms with Crippen LogP contribution in [0.25, 0.3) is 0 Å². The molecule has 0 radical (unpaired) electrons. The van der Waals surface area contributed by atoms with Crippen LogP contribution in [-0.2, 0) is 4.79 Å². The molecule has 132 valence electrons. The Morgan fingerprint density at radius 3 is 2.54 bits per heavy atom. The van der Waals surface area contributed by atoms with Crippen LogP contribution in [0.5, 0.6) is 5.75 Å². The molecule has 6 heteroatoms. The van der Waals surface area contributed by atoms with Gasteiger partial charge >= 0.3 is 0 Å². The molecule has 2 saturated heterocycles. The molecular weight excluding hydrogens is 306 g/mol. The SMILES string of the molecule is COc1ccc(N2CCN(C(=O)[C@@H]3C[C@@H](O)CN3)CC2(C)C)cc1. The van der Waals surface area contributed by atoms with E-state index in [2.05, 4.69) is 36.2 Å². The maximum absolute atomic E-state index is 12.7. The molecule has 0 saturated carbocycles. The van der Waals surface area contributed by atoms with Crippen molar-refractivity contribution in [2.45, 2.75) is 38.0 Å². The molecular formula is C18H27N3O3. The topological polar surface area (TPSA) is 65.0 Å². The van der Waals surface area contributed by atoms with Gasteiger partial charge in [0.2, 0.25) is 5.91 Å². The minimum atomic E-state index is -0.410. The highest BCUT2D eigenvalue weighted by molar-refractivity contribution is 5.82. The van der Waals surface area contributed by atoms with Crippen LogP contribution in [0.2, 0.25) is 0 Å². The number of anilines is 1. The first-order chi connectivity index (χ1) is 11.4. The van der Waals surface area contributed by atoms with Gasteiger partial charge in [0.05, 0.1) is 24.8 Å². The van der Waals surface area contributed by atoms with E-state index in [9.17, 15) is 9.90 Å². The summed E-state index contributed by atoms with van der Waals surface area (Å²) in [6.45, 7) is 6.99. The molecule has 6 nitrogen and oxygen atoms in total. The molecule has 0 bridgehead atoms. The van der Waals surface area contributed by atoms with Crippen molar-refractivity contribution in [3.8, 4) is 5.75 Å². The number of hydrogen-bond acceptors (Lipinski definition) is 5. The number of nitrogens with one attached hydrogen (secondary N) is 1. The molecule has 0 spiro atoms. The molecule has 1 aromatic carbocycles. The number of carbonyl (C=O) groups is 1. The molecule has 2 heterocycles. The molecule has 2 atom stereocenters. The van der Waals surface area contributed by atoms with Gasteiger partial charge in [-0.15, -0.1) is 0 Å². The average Bonchev–Trinajstić information content (AvgIpc) is 3.00. The molecule has 2 aliphatic heterocycles. The van der Waals surface area contributed by atoms with Gasteiger partial charge < -0.3 is 25.0 Å². The van der Waals surface area contributed by atoms with Gasteiger partial charge in [0, 0.05) is 31.9 Å². The van der Waals surface area contributed by atoms with E-state index >= 15 is 0 Å². The van der Waals surface area contributed by atoms with Gasteiger partial charge in [-0.1, -0.05) is 0 Å². The van der Waals surface area contributed by atoms with Crippen molar-refractivity contribution in [2.24, 2.45) is 0 Å². The Hall–Kier alpha value is -1.79. The number of hydrogen-bond donors (Lipinski definition) is 2. The third-order valence-electron chi connectivity index (χ3n) is 5.00. The van der Waals surface area contributed by atoms with Gasteiger partial charge in [-0.3, -0.25) is 4.79 Å². The number of benzene rings is 1. The minimum absolute atomic E-state index is 0.106. The zero-order valence-corrected chi connectivity index (χ0v) is 14.7. The van der Waals surface area contributed by atoms with E-state index in [4.69, 9.17) is 4.74 Å². The van der Waals surface area contributed by atoms with E-state index in [0.29, 0.717) is 26.1 Å². The predicted octanol–water partition coefficient (Wildman–Crippen LogP) is 0.845. The second kappa shape index (κ2) is 6.61. The van der Waals surface area contributed by atoms with Crippen molar-refractivity contribution in [2.75, 3.05) is 38.2 Å². The van der Waals surface area contributed by atoms with Crippen LogP contribution in [-0.4, -0.2) is 66.9 Å². The summed E-state index contributed by atoms with van der Waals surface area (Å²) in [5, 5.41) is 12.7. The lowest BCUT2D eigenvalue weighted by Gasteiger charge is -2.49. The first-order valence-electron chi connectivity index (χ1n) is 8.52. The Kier molecular flexibility index (Phi) is 4.69. The molecule has 2 N–H and O–H groups in total. The van der Waals surface area contributed by atoms with Gasteiger partial charge in [-0.05, 0) is 44.5 Å². The second-order valence-electron chi connectivity index (χ2n) is 7.27. The number of aliphatic hydroxyl groups is 1. The quantitative estimate of drug-likeness (QED) is 0.858. The van der Waals surface area contributed by atoms with Gasteiger partial charge in [-0.2, -0.15) is 0 Å². The van der Waals surface area contributed by atoms with Gasteiger partial charge in [-0.25, -0.2) is 0 Å². The lowest BCUT2D eigenvalue weighted by atomic mass is 9.97.